The minimum atomic E-state index is -0.539. The molecule has 1 aromatic rings. The summed E-state index contributed by atoms with van der Waals surface area (Å²) in [6, 6.07) is 5.44. The lowest BCUT2D eigenvalue weighted by atomic mass is 10.1. The minimum Gasteiger partial charge on any atom is -0.493 e. The molecule has 0 aromatic heterocycles. The molecule has 1 aliphatic heterocycles. The third kappa shape index (κ3) is 4.17. The second kappa shape index (κ2) is 8.01. The highest BCUT2D eigenvalue weighted by atomic mass is 16.5. The van der Waals surface area contributed by atoms with Crippen molar-refractivity contribution in [2.45, 2.75) is 25.9 Å². The zero-order chi connectivity index (χ0) is 17.7. The zero-order valence-electron chi connectivity index (χ0n) is 14.4. The lowest BCUT2D eigenvalue weighted by Gasteiger charge is -2.38. The standard InChI is InChI=1S/C17H25N3O4/c1-4-13-17(22)19(2)7-8-20(13)10-12-5-6-14(15(9-12)23-3)24-11-16(18)21/h5-6,9,13H,4,7-8,10-11H2,1-3H3,(H2,18,21)/t13-/m0/s1. The van der Waals surface area contributed by atoms with Gasteiger partial charge in [0.05, 0.1) is 13.2 Å². The molecule has 0 bridgehead atoms. The van der Waals surface area contributed by atoms with Crippen LogP contribution >= 0.6 is 0 Å². The van der Waals surface area contributed by atoms with Crippen LogP contribution in [-0.2, 0) is 16.1 Å². The summed E-state index contributed by atoms with van der Waals surface area (Å²) in [5.74, 6) is 0.642. The lowest BCUT2D eigenvalue weighted by molar-refractivity contribution is -0.140. The Balaban J connectivity index is 2.11. The number of nitrogens with two attached hydrogens (primary N) is 1. The molecule has 7 nitrogen and oxygen atoms in total. The number of methoxy groups -OCH3 is 1. The Morgan fingerprint density at radius 3 is 2.71 bits per heavy atom. The van der Waals surface area contributed by atoms with Crippen molar-refractivity contribution in [1.29, 1.82) is 0 Å². The van der Waals surface area contributed by atoms with Gasteiger partial charge in [-0.2, -0.15) is 0 Å². The van der Waals surface area contributed by atoms with Crippen LogP contribution in [0.5, 0.6) is 11.5 Å². The van der Waals surface area contributed by atoms with Gasteiger partial charge in [0.25, 0.3) is 5.91 Å². The molecular weight excluding hydrogens is 310 g/mol. The predicted molar refractivity (Wildman–Crippen MR) is 89.8 cm³/mol. The number of ether oxygens (including phenoxy) is 2. The summed E-state index contributed by atoms with van der Waals surface area (Å²) in [7, 11) is 3.39. The number of benzene rings is 1. The molecule has 1 aliphatic rings. The van der Waals surface area contributed by atoms with Crippen molar-refractivity contribution in [3.05, 3.63) is 23.8 Å². The third-order valence-electron chi connectivity index (χ3n) is 4.20. The van der Waals surface area contributed by atoms with Crippen LogP contribution < -0.4 is 15.2 Å². The van der Waals surface area contributed by atoms with Crippen LogP contribution in [0.15, 0.2) is 18.2 Å². The van der Waals surface area contributed by atoms with Gasteiger partial charge in [-0.15, -0.1) is 0 Å². The van der Waals surface area contributed by atoms with Gasteiger partial charge in [0.1, 0.15) is 0 Å². The Hall–Kier alpha value is -2.28. The van der Waals surface area contributed by atoms with Crippen molar-refractivity contribution in [1.82, 2.24) is 9.80 Å². The van der Waals surface area contributed by atoms with E-state index in [1.54, 1.807) is 18.1 Å². The average Bonchev–Trinajstić information content (AvgIpc) is 2.57. The number of primary amides is 1. The maximum absolute atomic E-state index is 12.3. The van der Waals surface area contributed by atoms with E-state index in [9.17, 15) is 9.59 Å². The second-order valence-electron chi connectivity index (χ2n) is 5.89. The highest BCUT2D eigenvalue weighted by Crippen LogP contribution is 2.29. The van der Waals surface area contributed by atoms with E-state index in [-0.39, 0.29) is 18.6 Å². The number of likely N-dealkylation sites (N-methyl/N-ethyl adjacent to an activating group) is 1. The molecule has 1 saturated heterocycles. The van der Waals surface area contributed by atoms with E-state index in [0.29, 0.717) is 18.0 Å². The van der Waals surface area contributed by atoms with Gasteiger partial charge in [0, 0.05) is 26.7 Å². The van der Waals surface area contributed by atoms with Crippen molar-refractivity contribution >= 4 is 11.8 Å². The Morgan fingerprint density at radius 2 is 2.08 bits per heavy atom. The molecule has 0 spiro atoms. The van der Waals surface area contributed by atoms with Gasteiger partial charge in [0.2, 0.25) is 5.91 Å². The highest BCUT2D eigenvalue weighted by Gasteiger charge is 2.31. The molecule has 1 heterocycles. The fourth-order valence-corrected chi connectivity index (χ4v) is 2.89. The molecule has 24 heavy (non-hydrogen) atoms. The van der Waals surface area contributed by atoms with E-state index >= 15 is 0 Å². The fourth-order valence-electron chi connectivity index (χ4n) is 2.89. The quantitative estimate of drug-likeness (QED) is 0.789. The highest BCUT2D eigenvalue weighted by molar-refractivity contribution is 5.82. The number of carbonyl (C=O) groups excluding carboxylic acids is 2. The minimum absolute atomic E-state index is 0.0967. The van der Waals surface area contributed by atoms with Crippen LogP contribution in [0.1, 0.15) is 18.9 Å². The smallest absolute Gasteiger partial charge is 0.255 e. The predicted octanol–water partition coefficient (Wildman–Crippen LogP) is 0.612. The Bertz CT molecular complexity index is 605. The summed E-state index contributed by atoms with van der Waals surface area (Å²) < 4.78 is 10.7. The SMILES string of the molecule is CC[C@H]1C(=O)N(C)CCN1Cc1ccc(OCC(N)=O)c(OC)c1. The first-order valence-corrected chi connectivity index (χ1v) is 8.03. The van der Waals surface area contributed by atoms with Gasteiger partial charge in [-0.25, -0.2) is 0 Å². The van der Waals surface area contributed by atoms with Gasteiger partial charge >= 0.3 is 0 Å². The topological polar surface area (TPSA) is 85.1 Å². The monoisotopic (exact) mass is 335 g/mol. The van der Waals surface area contributed by atoms with Crippen LogP contribution in [0.25, 0.3) is 0 Å². The van der Waals surface area contributed by atoms with Crippen LogP contribution in [0, 0.1) is 0 Å². The van der Waals surface area contributed by atoms with Gasteiger partial charge < -0.3 is 20.1 Å². The summed E-state index contributed by atoms with van der Waals surface area (Å²) in [4.78, 5) is 27.1. The summed E-state index contributed by atoms with van der Waals surface area (Å²) in [5.41, 5.74) is 6.12. The number of carbonyl (C=O) groups is 2. The van der Waals surface area contributed by atoms with Crippen LogP contribution in [-0.4, -0.2) is 61.5 Å². The lowest BCUT2D eigenvalue weighted by Crippen LogP contribution is -2.54. The molecule has 1 aromatic carbocycles. The number of piperazine rings is 1. The molecule has 2 rings (SSSR count). The van der Waals surface area contributed by atoms with Crippen molar-refractivity contribution in [3.63, 3.8) is 0 Å². The number of hydrogen-bond donors (Lipinski definition) is 1. The zero-order valence-corrected chi connectivity index (χ0v) is 14.4. The first-order valence-electron chi connectivity index (χ1n) is 8.03. The fraction of sp³-hybridized carbons (Fsp3) is 0.529. The van der Waals surface area contributed by atoms with E-state index in [2.05, 4.69) is 4.90 Å². The molecule has 2 amide bonds. The van der Waals surface area contributed by atoms with E-state index in [1.807, 2.05) is 26.1 Å². The van der Waals surface area contributed by atoms with Gasteiger partial charge in [-0.1, -0.05) is 13.0 Å². The van der Waals surface area contributed by atoms with Crippen molar-refractivity contribution in [3.8, 4) is 11.5 Å². The van der Waals surface area contributed by atoms with E-state index in [0.717, 1.165) is 25.1 Å². The second-order valence-corrected chi connectivity index (χ2v) is 5.89. The number of nitrogens with zero attached hydrogens (tertiary/aromatic N) is 2. The van der Waals surface area contributed by atoms with Crippen LogP contribution in [0.3, 0.4) is 0 Å². The van der Waals surface area contributed by atoms with Crippen molar-refractivity contribution < 1.29 is 19.1 Å². The molecule has 132 valence electrons. The summed E-state index contributed by atoms with van der Waals surface area (Å²) in [6.07, 6.45) is 0.778. The molecule has 1 atom stereocenters. The Labute approximate surface area is 142 Å². The van der Waals surface area contributed by atoms with E-state index in [4.69, 9.17) is 15.2 Å². The molecule has 0 saturated carbocycles. The summed E-state index contributed by atoms with van der Waals surface area (Å²) in [6.45, 7) is 4.05. The van der Waals surface area contributed by atoms with E-state index < -0.39 is 5.91 Å². The number of amides is 2. The van der Waals surface area contributed by atoms with Gasteiger partial charge in [0.15, 0.2) is 18.1 Å². The number of hydrogen-bond acceptors (Lipinski definition) is 5. The molecule has 0 radical (unpaired) electrons. The Kier molecular flexibility index (Phi) is 6.03. The number of rotatable bonds is 7. The van der Waals surface area contributed by atoms with E-state index in [1.165, 1.54) is 0 Å². The summed E-state index contributed by atoms with van der Waals surface area (Å²) >= 11 is 0. The molecule has 2 N–H and O–H groups in total. The van der Waals surface area contributed by atoms with Crippen LogP contribution in [0.4, 0.5) is 0 Å². The largest absolute Gasteiger partial charge is 0.493 e. The average molecular weight is 335 g/mol. The maximum Gasteiger partial charge on any atom is 0.255 e. The molecule has 0 unspecified atom stereocenters. The van der Waals surface area contributed by atoms with Crippen molar-refractivity contribution in [2.75, 3.05) is 33.9 Å². The van der Waals surface area contributed by atoms with Gasteiger partial charge in [-0.05, 0) is 24.1 Å². The first kappa shape index (κ1) is 18.1. The Morgan fingerprint density at radius 1 is 1.33 bits per heavy atom. The maximum atomic E-state index is 12.3. The van der Waals surface area contributed by atoms with Crippen LogP contribution in [0.2, 0.25) is 0 Å². The first-order chi connectivity index (χ1) is 11.5. The summed E-state index contributed by atoms with van der Waals surface area (Å²) in [5, 5.41) is 0. The molecular formula is C17H25N3O4. The third-order valence-corrected chi connectivity index (χ3v) is 4.20. The molecule has 7 heteroatoms. The molecule has 0 aliphatic carbocycles. The normalized spacial score (nSPS) is 18.5. The van der Waals surface area contributed by atoms with Gasteiger partial charge in [-0.3, -0.25) is 14.5 Å². The molecule has 1 fully saturated rings. The van der Waals surface area contributed by atoms with Crippen molar-refractivity contribution in [2.24, 2.45) is 5.73 Å².